The van der Waals surface area contributed by atoms with Crippen molar-refractivity contribution < 1.29 is 8.78 Å². The number of aryl methyl sites for hydroxylation is 1. The Kier molecular flexibility index (Phi) is 4.94. The van der Waals surface area contributed by atoms with Gasteiger partial charge >= 0.3 is 0 Å². The lowest BCUT2D eigenvalue weighted by Gasteiger charge is -2.20. The third kappa shape index (κ3) is 3.10. The second-order valence-corrected chi connectivity index (χ2v) is 6.31. The molecule has 0 amide bonds. The van der Waals surface area contributed by atoms with Gasteiger partial charge in [-0.2, -0.15) is 0 Å². The van der Waals surface area contributed by atoms with E-state index in [0.29, 0.717) is 0 Å². The van der Waals surface area contributed by atoms with Gasteiger partial charge in [0.15, 0.2) is 0 Å². The molecule has 0 aliphatic heterocycles. The van der Waals surface area contributed by atoms with Crippen LogP contribution in [0.2, 0.25) is 0 Å². The van der Waals surface area contributed by atoms with Crippen molar-refractivity contribution in [3.8, 4) is 0 Å². The fourth-order valence-electron chi connectivity index (χ4n) is 2.22. The highest BCUT2D eigenvalue weighted by Crippen LogP contribution is 2.32. The maximum absolute atomic E-state index is 14.2. The molecule has 0 aliphatic carbocycles. The van der Waals surface area contributed by atoms with Crippen LogP contribution in [0.5, 0.6) is 0 Å². The molecule has 0 heterocycles. The molecule has 0 bridgehead atoms. The van der Waals surface area contributed by atoms with Gasteiger partial charge in [0.05, 0.1) is 10.5 Å². The molecule has 1 N–H and O–H groups in total. The van der Waals surface area contributed by atoms with Crippen molar-refractivity contribution in [1.29, 1.82) is 0 Å². The molecule has 0 radical (unpaired) electrons. The van der Waals surface area contributed by atoms with Gasteiger partial charge in [-0.3, -0.25) is 0 Å². The van der Waals surface area contributed by atoms with Crippen molar-refractivity contribution >= 4 is 31.9 Å². The van der Waals surface area contributed by atoms with Crippen molar-refractivity contribution in [1.82, 2.24) is 5.32 Å². The van der Waals surface area contributed by atoms with Crippen molar-refractivity contribution in [3.05, 3.63) is 67.6 Å². The smallest absolute Gasteiger partial charge is 0.145 e. The molecule has 0 saturated heterocycles. The van der Waals surface area contributed by atoms with E-state index in [1.807, 2.05) is 25.1 Å². The molecule has 106 valence electrons. The predicted molar refractivity (Wildman–Crippen MR) is 83.8 cm³/mol. The van der Waals surface area contributed by atoms with Crippen molar-refractivity contribution in [2.24, 2.45) is 0 Å². The maximum Gasteiger partial charge on any atom is 0.145 e. The van der Waals surface area contributed by atoms with Gasteiger partial charge in [-0.1, -0.05) is 22.0 Å². The Bertz CT molecular complexity index is 624. The summed E-state index contributed by atoms with van der Waals surface area (Å²) >= 11 is 6.51. The van der Waals surface area contributed by atoms with E-state index in [1.165, 1.54) is 12.1 Å². The van der Waals surface area contributed by atoms with Crippen LogP contribution in [0.4, 0.5) is 8.78 Å². The summed E-state index contributed by atoms with van der Waals surface area (Å²) in [6, 6.07) is 7.79. The van der Waals surface area contributed by atoms with E-state index in [-0.39, 0.29) is 10.0 Å². The first-order chi connectivity index (χ1) is 9.43. The maximum atomic E-state index is 14.2. The summed E-state index contributed by atoms with van der Waals surface area (Å²) in [6.45, 7) is 1.94. The first-order valence-corrected chi connectivity index (χ1v) is 7.60. The van der Waals surface area contributed by atoms with Gasteiger partial charge < -0.3 is 5.32 Å². The first-order valence-electron chi connectivity index (χ1n) is 6.01. The van der Waals surface area contributed by atoms with Gasteiger partial charge in [0.2, 0.25) is 0 Å². The molecule has 0 saturated carbocycles. The SMILES string of the molecule is CNC(c1cc(C)cc(Br)c1)c1c(F)ccc(Br)c1F. The van der Waals surface area contributed by atoms with Crippen LogP contribution in [0.25, 0.3) is 0 Å². The van der Waals surface area contributed by atoms with Crippen LogP contribution in [-0.4, -0.2) is 7.05 Å². The van der Waals surface area contributed by atoms with Crippen molar-refractivity contribution in [3.63, 3.8) is 0 Å². The second-order valence-electron chi connectivity index (χ2n) is 4.54. The highest BCUT2D eigenvalue weighted by atomic mass is 79.9. The average Bonchev–Trinajstić information content (AvgIpc) is 2.38. The Hall–Kier alpha value is -0.780. The lowest BCUT2D eigenvalue weighted by Crippen LogP contribution is -2.20. The van der Waals surface area contributed by atoms with Crippen LogP contribution in [0.3, 0.4) is 0 Å². The van der Waals surface area contributed by atoms with Gasteiger partial charge in [0.25, 0.3) is 0 Å². The van der Waals surface area contributed by atoms with Crippen LogP contribution in [0, 0.1) is 18.6 Å². The van der Waals surface area contributed by atoms with Gasteiger partial charge in [-0.05, 0) is 65.3 Å². The molecule has 0 fully saturated rings. The highest BCUT2D eigenvalue weighted by molar-refractivity contribution is 9.10. The summed E-state index contributed by atoms with van der Waals surface area (Å²) < 4.78 is 29.4. The minimum absolute atomic E-state index is 0.0133. The number of hydrogen-bond donors (Lipinski definition) is 1. The zero-order valence-electron chi connectivity index (χ0n) is 11.0. The third-order valence-corrected chi connectivity index (χ3v) is 4.12. The lowest BCUT2D eigenvalue weighted by atomic mass is 9.96. The quantitative estimate of drug-likeness (QED) is 0.701. The first kappa shape index (κ1) is 15.6. The largest absolute Gasteiger partial charge is 0.309 e. The van der Waals surface area contributed by atoms with Crippen LogP contribution in [-0.2, 0) is 0 Å². The number of nitrogens with one attached hydrogen (secondary N) is 1. The minimum atomic E-state index is -0.582. The van der Waals surface area contributed by atoms with Gasteiger partial charge in [-0.15, -0.1) is 0 Å². The third-order valence-electron chi connectivity index (χ3n) is 3.05. The van der Waals surface area contributed by atoms with Gasteiger partial charge in [-0.25, -0.2) is 8.78 Å². The molecular weight excluding hydrogens is 392 g/mol. The fraction of sp³-hybridized carbons (Fsp3) is 0.200. The Morgan fingerprint density at radius 2 is 1.80 bits per heavy atom. The van der Waals surface area contributed by atoms with E-state index in [9.17, 15) is 8.78 Å². The van der Waals surface area contributed by atoms with Crippen LogP contribution in [0.15, 0.2) is 39.3 Å². The second kappa shape index (κ2) is 6.33. The lowest BCUT2D eigenvalue weighted by molar-refractivity contribution is 0.518. The number of hydrogen-bond acceptors (Lipinski definition) is 1. The molecule has 2 aromatic rings. The van der Waals surface area contributed by atoms with E-state index in [1.54, 1.807) is 7.05 Å². The van der Waals surface area contributed by atoms with E-state index < -0.39 is 17.7 Å². The van der Waals surface area contributed by atoms with E-state index in [0.717, 1.165) is 15.6 Å². The zero-order valence-corrected chi connectivity index (χ0v) is 14.1. The van der Waals surface area contributed by atoms with Crippen LogP contribution >= 0.6 is 31.9 Å². The molecule has 20 heavy (non-hydrogen) atoms. The molecule has 0 spiro atoms. The standard InChI is InChI=1S/C15H13Br2F2N/c1-8-5-9(7-10(16)6-8)15(20-2)13-12(18)4-3-11(17)14(13)19/h3-7,15,20H,1-2H3. The number of halogens is 4. The predicted octanol–water partition coefficient (Wildman–Crippen LogP) is 5.11. The average molecular weight is 405 g/mol. The van der Waals surface area contributed by atoms with E-state index in [4.69, 9.17) is 0 Å². The molecule has 0 aromatic heterocycles. The Balaban J connectivity index is 2.61. The molecule has 5 heteroatoms. The molecule has 0 aliphatic rings. The number of rotatable bonds is 3. The van der Waals surface area contributed by atoms with Crippen LogP contribution < -0.4 is 5.32 Å². The van der Waals surface area contributed by atoms with E-state index in [2.05, 4.69) is 37.2 Å². The van der Waals surface area contributed by atoms with Gasteiger partial charge in [0, 0.05) is 10.0 Å². The van der Waals surface area contributed by atoms with Crippen molar-refractivity contribution in [2.75, 3.05) is 7.05 Å². The Labute approximate surface area is 133 Å². The Morgan fingerprint density at radius 3 is 2.40 bits per heavy atom. The van der Waals surface area contributed by atoms with Crippen LogP contribution in [0.1, 0.15) is 22.7 Å². The van der Waals surface area contributed by atoms with Crippen molar-refractivity contribution in [2.45, 2.75) is 13.0 Å². The zero-order chi connectivity index (χ0) is 14.9. The normalized spacial score (nSPS) is 12.5. The summed E-state index contributed by atoms with van der Waals surface area (Å²) in [4.78, 5) is 0. The summed E-state index contributed by atoms with van der Waals surface area (Å²) in [6.07, 6.45) is 0. The summed E-state index contributed by atoms with van der Waals surface area (Å²) in [5.41, 5.74) is 1.83. The summed E-state index contributed by atoms with van der Waals surface area (Å²) in [7, 11) is 1.68. The molecular formula is C15H13Br2F2N. The summed E-state index contributed by atoms with van der Waals surface area (Å²) in [5.74, 6) is -1.15. The molecule has 1 nitrogen and oxygen atoms in total. The monoisotopic (exact) mass is 403 g/mol. The fourth-order valence-corrected chi connectivity index (χ4v) is 3.19. The van der Waals surface area contributed by atoms with E-state index >= 15 is 0 Å². The highest BCUT2D eigenvalue weighted by Gasteiger charge is 2.22. The molecule has 1 atom stereocenters. The summed E-state index contributed by atoms with van der Waals surface area (Å²) in [5, 5.41) is 2.98. The number of benzene rings is 2. The van der Waals surface area contributed by atoms with Gasteiger partial charge in [0.1, 0.15) is 11.6 Å². The topological polar surface area (TPSA) is 12.0 Å². The molecule has 2 aromatic carbocycles. The molecule has 2 rings (SSSR count). The Morgan fingerprint density at radius 1 is 1.10 bits per heavy atom. The molecule has 1 unspecified atom stereocenters. The minimum Gasteiger partial charge on any atom is -0.309 e.